The number of fused-ring (bicyclic) bond motifs is 4. The van der Waals surface area contributed by atoms with Gasteiger partial charge in [-0.1, -0.05) is 17.6 Å². The minimum absolute atomic E-state index is 0.0376. The van der Waals surface area contributed by atoms with Crippen LogP contribution in [0.15, 0.2) is 36.5 Å². The fourth-order valence-corrected chi connectivity index (χ4v) is 4.05. The van der Waals surface area contributed by atoms with Crippen molar-refractivity contribution in [3.63, 3.8) is 0 Å². The number of amides is 1. The molecule has 0 fully saturated rings. The average Bonchev–Trinajstić information content (AvgIpc) is 3.11. The van der Waals surface area contributed by atoms with Crippen LogP contribution in [-0.4, -0.2) is 48.0 Å². The van der Waals surface area contributed by atoms with Crippen molar-refractivity contribution in [1.29, 1.82) is 0 Å². The number of carbonyl (C=O) groups is 1. The first kappa shape index (κ1) is 16.2. The molecule has 136 valence electrons. The maximum absolute atomic E-state index is 13.2. The van der Waals surface area contributed by atoms with Gasteiger partial charge in [0.05, 0.1) is 11.6 Å². The number of nitrogens with zero attached hydrogens (tertiary/aromatic N) is 3. The lowest BCUT2D eigenvalue weighted by Gasteiger charge is -2.36. The van der Waals surface area contributed by atoms with E-state index in [0.717, 1.165) is 40.0 Å². The fraction of sp³-hybridized carbons (Fsp3) is 0.300. The van der Waals surface area contributed by atoms with Crippen molar-refractivity contribution in [1.82, 2.24) is 14.5 Å². The first-order valence-corrected chi connectivity index (χ1v) is 9.30. The molecule has 3 aromatic rings. The van der Waals surface area contributed by atoms with Gasteiger partial charge in [-0.2, -0.15) is 5.10 Å². The van der Waals surface area contributed by atoms with Crippen LogP contribution in [0.2, 0.25) is 0 Å². The molecular weight excluding hydrogens is 341 g/mol. The third-order valence-corrected chi connectivity index (χ3v) is 5.46. The van der Waals surface area contributed by atoms with Crippen LogP contribution in [0.5, 0.6) is 11.5 Å². The van der Waals surface area contributed by atoms with Gasteiger partial charge in [-0.3, -0.25) is 4.79 Å². The number of hydrogen-bond acceptors (Lipinski definition) is 4. The quantitative estimate of drug-likeness (QED) is 0.610. The molecule has 0 saturated heterocycles. The Kier molecular flexibility index (Phi) is 3.63. The summed E-state index contributed by atoms with van der Waals surface area (Å²) in [5, 5.41) is 4.49. The van der Waals surface area contributed by atoms with Gasteiger partial charge < -0.3 is 14.4 Å². The number of pyridine rings is 1. The van der Waals surface area contributed by atoms with Crippen molar-refractivity contribution in [3.8, 4) is 11.5 Å². The first-order chi connectivity index (χ1) is 13.1. The van der Waals surface area contributed by atoms with Gasteiger partial charge in [-0.25, -0.2) is 4.52 Å². The zero-order chi connectivity index (χ0) is 18.5. The van der Waals surface area contributed by atoms with E-state index in [1.165, 1.54) is 0 Å². The second-order valence-corrected chi connectivity index (χ2v) is 7.19. The van der Waals surface area contributed by atoms with Crippen LogP contribution >= 0.6 is 0 Å². The van der Waals surface area contributed by atoms with Crippen molar-refractivity contribution in [2.75, 3.05) is 19.8 Å². The van der Waals surface area contributed by atoms with Crippen LogP contribution < -0.4 is 14.9 Å². The summed E-state index contributed by atoms with van der Waals surface area (Å²) in [4.78, 5) is 15.1. The maximum Gasteiger partial charge on any atom is 0.274 e. The zero-order valence-corrected chi connectivity index (χ0v) is 15.4. The van der Waals surface area contributed by atoms with Gasteiger partial charge in [-0.15, -0.1) is 0 Å². The van der Waals surface area contributed by atoms with Gasteiger partial charge in [0.15, 0.2) is 17.2 Å². The molecule has 7 heteroatoms. The highest BCUT2D eigenvalue weighted by Gasteiger charge is 2.33. The Bertz CT molecular complexity index is 1060. The van der Waals surface area contributed by atoms with Crippen molar-refractivity contribution in [2.24, 2.45) is 0 Å². The molecule has 4 heterocycles. The molecule has 0 saturated carbocycles. The second-order valence-electron chi connectivity index (χ2n) is 7.19. The summed E-state index contributed by atoms with van der Waals surface area (Å²) >= 11 is 0. The number of rotatable bonds is 1. The summed E-state index contributed by atoms with van der Waals surface area (Å²) in [7, 11) is 2.01. The molecule has 1 aromatic carbocycles. The van der Waals surface area contributed by atoms with Gasteiger partial charge in [-0.05, 0) is 37.1 Å². The van der Waals surface area contributed by atoms with Gasteiger partial charge in [0.2, 0.25) is 0 Å². The van der Waals surface area contributed by atoms with Crippen LogP contribution in [0.4, 0.5) is 0 Å². The van der Waals surface area contributed by atoms with Gasteiger partial charge >= 0.3 is 0 Å². The van der Waals surface area contributed by atoms with Crippen LogP contribution in [0.25, 0.3) is 5.52 Å². The van der Waals surface area contributed by atoms with Gasteiger partial charge in [0, 0.05) is 18.3 Å². The second kappa shape index (κ2) is 6.04. The highest BCUT2D eigenvalue weighted by Crippen LogP contribution is 2.42. The Balaban J connectivity index is 1.48. The summed E-state index contributed by atoms with van der Waals surface area (Å²) < 4.78 is 13.3. The minimum Gasteiger partial charge on any atom is -0.486 e. The van der Waals surface area contributed by atoms with Gasteiger partial charge in [0.25, 0.3) is 5.91 Å². The summed E-state index contributed by atoms with van der Waals surface area (Å²) in [6.45, 7) is 3.85. The van der Waals surface area contributed by atoms with E-state index in [4.69, 9.17) is 9.47 Å². The molecule has 5 rings (SSSR count). The molecule has 2 aliphatic rings. The van der Waals surface area contributed by atoms with E-state index in [2.05, 4.69) is 18.1 Å². The predicted molar refractivity (Wildman–Crippen MR) is 104 cm³/mol. The Morgan fingerprint density at radius 2 is 2.07 bits per heavy atom. The van der Waals surface area contributed by atoms with Crippen molar-refractivity contribution in [2.45, 2.75) is 19.4 Å². The van der Waals surface area contributed by atoms with Gasteiger partial charge in [0.1, 0.15) is 21.1 Å². The Labute approximate surface area is 158 Å². The number of ether oxygens (including phenoxy) is 2. The minimum atomic E-state index is -0.0383. The largest absolute Gasteiger partial charge is 0.486 e. The SMILES string of the molecule is Bc1ccc2cc(C(=O)N3CCc4c(ccc5c4OCCO5)C3C)nn2c1. The van der Waals surface area contributed by atoms with E-state index in [9.17, 15) is 4.79 Å². The molecule has 2 aromatic heterocycles. The Hall–Kier alpha value is -2.96. The molecule has 0 spiro atoms. The van der Waals surface area contributed by atoms with Crippen molar-refractivity contribution in [3.05, 3.63) is 53.3 Å². The number of carbonyl (C=O) groups excluding carboxylic acids is 1. The highest BCUT2D eigenvalue weighted by atomic mass is 16.6. The highest BCUT2D eigenvalue weighted by molar-refractivity contribution is 6.32. The summed E-state index contributed by atoms with van der Waals surface area (Å²) in [5.41, 5.74) is 4.80. The normalized spacial score (nSPS) is 18.4. The number of hydrogen-bond donors (Lipinski definition) is 0. The van der Waals surface area contributed by atoms with Crippen molar-refractivity contribution >= 4 is 24.7 Å². The molecular formula is C20H20BN3O3. The van der Waals surface area contributed by atoms with E-state index in [1.54, 1.807) is 4.52 Å². The standard InChI is InChI=1S/C20H20BN3O3/c1-12-15-4-5-18-19(27-9-8-26-18)16(15)6-7-23(12)20(25)17-10-14-3-2-13(21)11-24(14)22-17/h2-5,10-12H,6-9,21H2,1H3. The molecule has 0 radical (unpaired) electrons. The molecule has 6 nitrogen and oxygen atoms in total. The lowest BCUT2D eigenvalue weighted by atomic mass is 9.92. The Morgan fingerprint density at radius 1 is 1.22 bits per heavy atom. The molecule has 0 bridgehead atoms. The number of aromatic nitrogens is 2. The van der Waals surface area contributed by atoms with E-state index in [0.29, 0.717) is 25.5 Å². The lowest BCUT2D eigenvalue weighted by molar-refractivity contribution is 0.0667. The topological polar surface area (TPSA) is 56.1 Å². The van der Waals surface area contributed by atoms with E-state index >= 15 is 0 Å². The third-order valence-electron chi connectivity index (χ3n) is 5.46. The van der Waals surface area contributed by atoms with Crippen molar-refractivity contribution < 1.29 is 14.3 Å². The average molecular weight is 361 g/mol. The van der Waals surface area contributed by atoms with Crippen LogP contribution in [-0.2, 0) is 6.42 Å². The fourth-order valence-electron chi connectivity index (χ4n) is 4.05. The molecule has 1 amide bonds. The monoisotopic (exact) mass is 361 g/mol. The maximum atomic E-state index is 13.2. The lowest BCUT2D eigenvalue weighted by Crippen LogP contribution is -2.39. The smallest absolute Gasteiger partial charge is 0.274 e. The molecule has 1 unspecified atom stereocenters. The van der Waals surface area contributed by atoms with Crippen LogP contribution in [0.3, 0.4) is 0 Å². The molecule has 27 heavy (non-hydrogen) atoms. The van der Waals surface area contributed by atoms with Crippen LogP contribution in [0.1, 0.15) is 34.6 Å². The molecule has 2 aliphatic heterocycles. The molecule has 0 aliphatic carbocycles. The molecule has 1 atom stereocenters. The van der Waals surface area contributed by atoms with Crippen LogP contribution in [0, 0.1) is 0 Å². The van der Waals surface area contributed by atoms with E-state index < -0.39 is 0 Å². The summed E-state index contributed by atoms with van der Waals surface area (Å²) in [6, 6.07) is 9.83. The third kappa shape index (κ3) is 2.57. The van der Waals surface area contributed by atoms with E-state index in [-0.39, 0.29) is 11.9 Å². The first-order valence-electron chi connectivity index (χ1n) is 9.30. The molecule has 0 N–H and O–H groups in total. The summed E-state index contributed by atoms with van der Waals surface area (Å²) in [5.74, 6) is 1.62. The van der Waals surface area contributed by atoms with E-state index in [1.807, 2.05) is 43.2 Å². The summed E-state index contributed by atoms with van der Waals surface area (Å²) in [6.07, 6.45) is 2.69. The predicted octanol–water partition coefficient (Wildman–Crippen LogP) is 1.12. The zero-order valence-electron chi connectivity index (χ0n) is 15.4. The number of benzene rings is 1. The Morgan fingerprint density at radius 3 is 2.96 bits per heavy atom.